The third-order valence-electron chi connectivity index (χ3n) is 6.77. The van der Waals surface area contributed by atoms with Crippen LogP contribution in [-0.2, 0) is 20.9 Å². The Morgan fingerprint density at radius 2 is 1.76 bits per heavy atom. The van der Waals surface area contributed by atoms with Crippen LogP contribution in [0.1, 0.15) is 41.6 Å². The van der Waals surface area contributed by atoms with Gasteiger partial charge in [0.1, 0.15) is 17.9 Å². The second kappa shape index (κ2) is 11.3. The van der Waals surface area contributed by atoms with E-state index in [1.807, 2.05) is 0 Å². The molecule has 37 heavy (non-hydrogen) atoms. The van der Waals surface area contributed by atoms with E-state index in [4.69, 9.17) is 15.9 Å². The minimum absolute atomic E-state index is 0.0988. The Bertz CT molecular complexity index is 1240. The Labute approximate surface area is 212 Å². The van der Waals surface area contributed by atoms with Crippen molar-refractivity contribution in [3.05, 3.63) is 51.8 Å². The summed E-state index contributed by atoms with van der Waals surface area (Å²) in [5, 5.41) is 24.0. The molecule has 0 spiro atoms. The summed E-state index contributed by atoms with van der Waals surface area (Å²) >= 11 is 0. The van der Waals surface area contributed by atoms with Crippen LogP contribution in [0.5, 0.6) is 0 Å². The molecule has 1 saturated carbocycles. The first kappa shape index (κ1) is 26.0. The summed E-state index contributed by atoms with van der Waals surface area (Å²) in [5.74, 6) is -2.27. The number of hydrogen-bond donors (Lipinski definition) is 4. The van der Waals surface area contributed by atoms with Crippen molar-refractivity contribution >= 4 is 23.6 Å². The van der Waals surface area contributed by atoms with E-state index in [0.717, 1.165) is 4.68 Å². The van der Waals surface area contributed by atoms with Crippen LogP contribution in [0.4, 0.5) is 0 Å². The molecule has 1 saturated heterocycles. The van der Waals surface area contributed by atoms with Gasteiger partial charge < -0.3 is 25.8 Å². The molecule has 5 N–H and O–H groups in total. The lowest BCUT2D eigenvalue weighted by molar-refractivity contribution is -0.143. The van der Waals surface area contributed by atoms with Crippen molar-refractivity contribution in [2.24, 2.45) is 11.7 Å². The molecule has 1 aromatic heterocycles. The number of nitrogen functional groups attached to an aromatic ring is 1. The van der Waals surface area contributed by atoms with E-state index in [0.29, 0.717) is 68.8 Å². The monoisotopic (exact) mass is 510 g/mol. The van der Waals surface area contributed by atoms with E-state index in [-0.39, 0.29) is 29.9 Å². The van der Waals surface area contributed by atoms with Gasteiger partial charge in [-0.3, -0.25) is 24.6 Å². The smallest absolute Gasteiger partial charge is 0.306 e. The van der Waals surface area contributed by atoms with Gasteiger partial charge in [0.2, 0.25) is 5.91 Å². The molecule has 2 amide bonds. The normalized spacial score (nSPS) is 19.7. The minimum atomic E-state index is -0.841. The number of aromatic nitrogens is 2. The van der Waals surface area contributed by atoms with Gasteiger partial charge in [0.15, 0.2) is 0 Å². The number of carboxylic acid groups (broad SMARTS) is 1. The zero-order valence-corrected chi connectivity index (χ0v) is 20.3. The van der Waals surface area contributed by atoms with Crippen molar-refractivity contribution in [1.82, 2.24) is 20.0 Å². The first-order chi connectivity index (χ1) is 17.7. The molecule has 1 aliphatic heterocycles. The van der Waals surface area contributed by atoms with E-state index in [1.54, 1.807) is 29.2 Å². The van der Waals surface area contributed by atoms with Gasteiger partial charge in [-0.25, -0.2) is 4.68 Å². The maximum absolute atomic E-state index is 13.3. The van der Waals surface area contributed by atoms with Crippen LogP contribution in [0.25, 0.3) is 11.3 Å². The molecule has 4 rings (SSSR count). The van der Waals surface area contributed by atoms with Crippen LogP contribution < -0.4 is 16.6 Å². The van der Waals surface area contributed by atoms with Crippen molar-refractivity contribution in [2.75, 3.05) is 26.3 Å². The number of rotatable bonds is 7. The number of carbonyl (C=O) groups is 3. The van der Waals surface area contributed by atoms with E-state index < -0.39 is 23.4 Å². The number of aliphatic carboxylic acids is 1. The molecule has 12 nitrogen and oxygen atoms in total. The Balaban J connectivity index is 1.62. The van der Waals surface area contributed by atoms with Gasteiger partial charge in [-0.05, 0) is 31.7 Å². The maximum atomic E-state index is 13.3. The van der Waals surface area contributed by atoms with E-state index >= 15 is 0 Å². The molecule has 2 heterocycles. The first-order valence-electron chi connectivity index (χ1n) is 12.2. The zero-order valence-electron chi connectivity index (χ0n) is 20.3. The van der Waals surface area contributed by atoms with Crippen LogP contribution in [0, 0.1) is 11.3 Å². The average Bonchev–Trinajstić information content (AvgIpc) is 2.90. The van der Waals surface area contributed by atoms with Crippen LogP contribution in [0.2, 0.25) is 0 Å². The second-order valence-electron chi connectivity index (χ2n) is 9.25. The number of morpholine rings is 1. The van der Waals surface area contributed by atoms with Crippen molar-refractivity contribution in [3.63, 3.8) is 0 Å². The van der Waals surface area contributed by atoms with Gasteiger partial charge in [0, 0.05) is 30.3 Å². The summed E-state index contributed by atoms with van der Waals surface area (Å²) in [5.41, 5.74) is 6.08. The highest BCUT2D eigenvalue weighted by molar-refractivity contribution is 5.96. The number of hydrogen-bond acceptors (Lipinski definition) is 7. The Kier molecular flexibility index (Phi) is 7.97. The van der Waals surface area contributed by atoms with Crippen LogP contribution >= 0.6 is 0 Å². The van der Waals surface area contributed by atoms with E-state index in [1.165, 1.54) is 6.07 Å². The lowest BCUT2D eigenvalue weighted by atomic mass is 9.86. The number of amides is 2. The average molecular weight is 511 g/mol. The fourth-order valence-electron chi connectivity index (χ4n) is 4.56. The van der Waals surface area contributed by atoms with Crippen LogP contribution in [0.3, 0.4) is 0 Å². The number of nitrogens with zero attached hydrogens (tertiary/aromatic N) is 3. The summed E-state index contributed by atoms with van der Waals surface area (Å²) in [6.45, 7) is 1.31. The van der Waals surface area contributed by atoms with E-state index in [9.17, 15) is 24.3 Å². The molecular formula is C25H30N6O6. The molecule has 0 radical (unpaired) electrons. The van der Waals surface area contributed by atoms with Gasteiger partial charge in [0.05, 0.1) is 24.8 Å². The Morgan fingerprint density at radius 3 is 2.35 bits per heavy atom. The van der Waals surface area contributed by atoms with E-state index in [2.05, 4.69) is 10.4 Å². The highest BCUT2D eigenvalue weighted by Gasteiger charge is 2.28. The molecule has 2 aliphatic rings. The first-order valence-corrected chi connectivity index (χ1v) is 12.2. The molecule has 12 heteroatoms. The van der Waals surface area contributed by atoms with Gasteiger partial charge in [0.25, 0.3) is 11.5 Å². The summed E-state index contributed by atoms with van der Waals surface area (Å²) in [6.07, 6.45) is 1.89. The number of amidine groups is 1. The molecule has 196 valence electrons. The standard InChI is InChI=1S/C25H30N6O6/c26-22(27)16-3-1-15(2-4-16)20-13-19(23(33)28-18-7-5-17(6-8-18)25(35)36)24(34)31(29-20)14-21(32)30-9-11-37-12-10-30/h1-4,13,17-18H,5-12,14H2,(H3,26,27)(H,28,33)(H,35,36)/t17-,18-. The van der Waals surface area contributed by atoms with Gasteiger partial charge in [-0.1, -0.05) is 24.3 Å². The highest BCUT2D eigenvalue weighted by Crippen LogP contribution is 2.25. The van der Waals surface area contributed by atoms with Crippen molar-refractivity contribution in [2.45, 2.75) is 38.3 Å². The molecule has 0 bridgehead atoms. The molecule has 0 unspecified atom stereocenters. The third-order valence-corrected chi connectivity index (χ3v) is 6.77. The van der Waals surface area contributed by atoms with Crippen molar-refractivity contribution < 1.29 is 24.2 Å². The molecule has 0 atom stereocenters. The second-order valence-corrected chi connectivity index (χ2v) is 9.25. The van der Waals surface area contributed by atoms with Crippen molar-refractivity contribution in [1.29, 1.82) is 5.41 Å². The molecule has 2 aromatic rings. The quantitative estimate of drug-likeness (QED) is 0.305. The summed E-state index contributed by atoms with van der Waals surface area (Å²) in [4.78, 5) is 52.1. The molecule has 1 aromatic carbocycles. The predicted octanol–water partition coefficient (Wildman–Crippen LogP) is 0.426. The van der Waals surface area contributed by atoms with Crippen molar-refractivity contribution in [3.8, 4) is 11.3 Å². The lowest BCUT2D eigenvalue weighted by Crippen LogP contribution is -2.45. The number of nitrogens with two attached hydrogens (primary N) is 1. The van der Waals surface area contributed by atoms with Gasteiger partial charge >= 0.3 is 5.97 Å². The zero-order chi connectivity index (χ0) is 26.5. The van der Waals surface area contributed by atoms with Crippen LogP contribution in [-0.4, -0.2) is 75.8 Å². The third kappa shape index (κ3) is 6.20. The summed E-state index contributed by atoms with van der Waals surface area (Å²) in [7, 11) is 0. The maximum Gasteiger partial charge on any atom is 0.306 e. The number of benzene rings is 1. The Hall–Kier alpha value is -4.06. The Morgan fingerprint density at radius 1 is 1.11 bits per heavy atom. The predicted molar refractivity (Wildman–Crippen MR) is 133 cm³/mol. The lowest BCUT2D eigenvalue weighted by Gasteiger charge is -2.27. The number of ether oxygens (including phenoxy) is 1. The van der Waals surface area contributed by atoms with Gasteiger partial charge in [-0.2, -0.15) is 5.10 Å². The van der Waals surface area contributed by atoms with Crippen LogP contribution in [0.15, 0.2) is 35.1 Å². The largest absolute Gasteiger partial charge is 0.481 e. The summed E-state index contributed by atoms with van der Waals surface area (Å²) < 4.78 is 6.28. The van der Waals surface area contributed by atoms with Gasteiger partial charge in [-0.15, -0.1) is 0 Å². The number of carbonyl (C=O) groups excluding carboxylic acids is 2. The fraction of sp³-hybridized carbons (Fsp3) is 0.440. The highest BCUT2D eigenvalue weighted by atomic mass is 16.5. The SMILES string of the molecule is N=C(N)c1ccc(-c2cc(C(=O)N[C@H]3CC[C@H](C(=O)O)CC3)c(=O)n(CC(=O)N3CCOCC3)n2)cc1. The molecule has 2 fully saturated rings. The number of nitrogens with one attached hydrogen (secondary N) is 2. The summed E-state index contributed by atoms with van der Waals surface area (Å²) in [6, 6.07) is 7.75. The fourth-order valence-corrected chi connectivity index (χ4v) is 4.56. The minimum Gasteiger partial charge on any atom is -0.481 e. The topological polar surface area (TPSA) is 181 Å². The molecular weight excluding hydrogens is 480 g/mol. The number of carboxylic acids is 1. The molecule has 1 aliphatic carbocycles.